The summed E-state index contributed by atoms with van der Waals surface area (Å²) >= 11 is 1.26. The number of nitroso groups, excluding NO2 is 1. The summed E-state index contributed by atoms with van der Waals surface area (Å²) < 4.78 is 0. The summed E-state index contributed by atoms with van der Waals surface area (Å²) in [4.78, 5) is 12.3. The average Bonchev–Trinajstić information content (AvgIpc) is 2.38. The molecule has 1 aromatic rings. The highest BCUT2D eigenvalue weighted by Crippen LogP contribution is 2.12. The fourth-order valence-corrected chi connectivity index (χ4v) is 1.12. The molecule has 0 aromatic carbocycles. The fraction of sp³-hybridized carbons (Fsp3) is 0. The Morgan fingerprint density at radius 1 is 1.80 bits per heavy atom. The SMILES string of the molecule is O=[N+]=C=C([O-])c1cccs1. The zero-order valence-corrected chi connectivity index (χ0v) is 5.72. The summed E-state index contributed by atoms with van der Waals surface area (Å²) in [5.74, 6) is 1.34. The molecule has 0 radical (unpaired) electrons. The molecule has 4 heteroatoms. The van der Waals surface area contributed by atoms with E-state index in [0.717, 1.165) is 0 Å². The van der Waals surface area contributed by atoms with Gasteiger partial charge in [0, 0.05) is 10.6 Å². The van der Waals surface area contributed by atoms with Crippen molar-refractivity contribution in [3.8, 4) is 0 Å². The highest BCUT2D eigenvalue weighted by atomic mass is 32.1. The molecule has 0 bridgehead atoms. The second-order valence-electron chi connectivity index (χ2n) is 1.51. The second kappa shape index (κ2) is 2.99. The van der Waals surface area contributed by atoms with Crippen molar-refractivity contribution in [1.82, 2.24) is 4.85 Å². The van der Waals surface area contributed by atoms with E-state index >= 15 is 0 Å². The predicted molar refractivity (Wildman–Crippen MR) is 38.2 cm³/mol. The zero-order chi connectivity index (χ0) is 7.40. The smallest absolute Gasteiger partial charge is 0.378 e. The normalized spacial score (nSPS) is 8.00. The van der Waals surface area contributed by atoms with E-state index in [9.17, 15) is 10.0 Å². The van der Waals surface area contributed by atoms with Crippen LogP contribution < -0.4 is 9.96 Å². The standard InChI is InChI=1S/C6H3NO2S/c8-5(4-7-9)6-2-1-3-10-6/h1-3H. The molecule has 10 heavy (non-hydrogen) atoms. The van der Waals surface area contributed by atoms with Gasteiger partial charge in [-0.1, -0.05) is 6.07 Å². The van der Waals surface area contributed by atoms with Crippen molar-refractivity contribution in [1.29, 1.82) is 0 Å². The Hall–Kier alpha value is -1.34. The molecule has 0 saturated heterocycles. The minimum Gasteiger partial charge on any atom is -0.861 e. The van der Waals surface area contributed by atoms with Crippen molar-refractivity contribution in [2.45, 2.75) is 0 Å². The second-order valence-corrected chi connectivity index (χ2v) is 2.46. The van der Waals surface area contributed by atoms with Crippen LogP contribution in [0.3, 0.4) is 0 Å². The molecule has 0 N–H and O–H groups in total. The minimum absolute atomic E-state index is 0.454. The first-order chi connectivity index (χ1) is 4.84. The molecule has 50 valence electrons. The van der Waals surface area contributed by atoms with Gasteiger partial charge in [0.25, 0.3) is 4.85 Å². The highest BCUT2D eigenvalue weighted by molar-refractivity contribution is 7.11. The summed E-state index contributed by atoms with van der Waals surface area (Å²) in [6, 6.07) is 3.34. The Labute approximate surface area is 60.9 Å². The van der Waals surface area contributed by atoms with E-state index < -0.39 is 5.76 Å². The average molecular weight is 153 g/mol. The van der Waals surface area contributed by atoms with Crippen LogP contribution in [0.5, 0.6) is 0 Å². The maximum absolute atomic E-state index is 10.7. The maximum atomic E-state index is 10.7. The van der Waals surface area contributed by atoms with E-state index in [2.05, 4.69) is 4.85 Å². The van der Waals surface area contributed by atoms with Gasteiger partial charge >= 0.3 is 5.87 Å². The third kappa shape index (κ3) is 1.33. The first-order valence-corrected chi connectivity index (χ1v) is 3.39. The number of rotatable bonds is 1. The van der Waals surface area contributed by atoms with Crippen LogP contribution in [0.25, 0.3) is 5.76 Å². The van der Waals surface area contributed by atoms with Crippen LogP contribution in [0.4, 0.5) is 0 Å². The van der Waals surface area contributed by atoms with E-state index in [1.54, 1.807) is 23.4 Å². The molecular weight excluding hydrogens is 150 g/mol. The summed E-state index contributed by atoms with van der Waals surface area (Å²) in [5.41, 5.74) is 0. The predicted octanol–water partition coefficient (Wildman–Crippen LogP) is -0.0474. The van der Waals surface area contributed by atoms with Crippen molar-refractivity contribution >= 4 is 23.0 Å². The van der Waals surface area contributed by atoms with Gasteiger partial charge in [-0.25, -0.2) is 0 Å². The van der Waals surface area contributed by atoms with Crippen LogP contribution in [0.1, 0.15) is 4.88 Å². The molecule has 0 amide bonds. The van der Waals surface area contributed by atoms with Gasteiger partial charge in [0.2, 0.25) is 0 Å². The molecule has 1 heterocycles. The van der Waals surface area contributed by atoms with Crippen molar-refractivity contribution in [2.75, 3.05) is 0 Å². The van der Waals surface area contributed by atoms with Gasteiger partial charge in [-0.3, -0.25) is 0 Å². The van der Waals surface area contributed by atoms with Crippen molar-refractivity contribution in [3.05, 3.63) is 27.3 Å². The van der Waals surface area contributed by atoms with Crippen LogP contribution in [-0.2, 0) is 0 Å². The Morgan fingerprint density at radius 3 is 3.10 bits per heavy atom. The Bertz CT molecular complexity index is 292. The largest absolute Gasteiger partial charge is 0.861 e. The van der Waals surface area contributed by atoms with Crippen LogP contribution in [0, 0.1) is 4.91 Å². The Kier molecular flexibility index (Phi) is 2.03. The lowest BCUT2D eigenvalue weighted by Gasteiger charge is -1.96. The molecule has 0 atom stereocenters. The van der Waals surface area contributed by atoms with E-state index in [1.807, 2.05) is 0 Å². The van der Waals surface area contributed by atoms with E-state index in [0.29, 0.717) is 4.88 Å². The molecule has 0 aliphatic rings. The summed E-state index contributed by atoms with van der Waals surface area (Å²) in [7, 11) is 0. The molecule has 0 aliphatic carbocycles. The Morgan fingerprint density at radius 2 is 2.60 bits per heavy atom. The lowest BCUT2D eigenvalue weighted by atomic mass is 10.4. The van der Waals surface area contributed by atoms with Crippen LogP contribution in [0.2, 0.25) is 0 Å². The molecule has 3 nitrogen and oxygen atoms in total. The third-order valence-electron chi connectivity index (χ3n) is 0.892. The molecule has 0 aliphatic heterocycles. The minimum atomic E-state index is -0.454. The molecule has 0 spiro atoms. The number of nitrogens with zero attached hydrogens (tertiary/aromatic N) is 1. The quantitative estimate of drug-likeness (QED) is 0.323. The first-order valence-electron chi connectivity index (χ1n) is 2.51. The molecular formula is C6H3NO2S. The molecule has 1 aromatic heterocycles. The fourth-order valence-electron chi connectivity index (χ4n) is 0.504. The maximum Gasteiger partial charge on any atom is 0.378 e. The Balaban J connectivity index is 3.10. The molecule has 0 fully saturated rings. The van der Waals surface area contributed by atoms with Crippen LogP contribution in [0.15, 0.2) is 17.5 Å². The van der Waals surface area contributed by atoms with E-state index in [1.165, 1.54) is 11.3 Å². The molecule has 0 saturated carbocycles. The summed E-state index contributed by atoms with van der Waals surface area (Å²) in [6.45, 7) is 0. The van der Waals surface area contributed by atoms with E-state index in [4.69, 9.17) is 0 Å². The molecule has 1 rings (SSSR count). The monoisotopic (exact) mass is 153 g/mol. The van der Waals surface area contributed by atoms with Gasteiger partial charge in [-0.2, -0.15) is 0 Å². The highest BCUT2D eigenvalue weighted by Gasteiger charge is 1.92. The number of hydrogen-bond donors (Lipinski definition) is 0. The lowest BCUT2D eigenvalue weighted by molar-refractivity contribution is -0.240. The summed E-state index contributed by atoms with van der Waals surface area (Å²) in [6.07, 6.45) is 0. The van der Waals surface area contributed by atoms with Crippen LogP contribution >= 0.6 is 11.3 Å². The van der Waals surface area contributed by atoms with Gasteiger partial charge in [0.05, 0.1) is 0 Å². The zero-order valence-electron chi connectivity index (χ0n) is 4.90. The van der Waals surface area contributed by atoms with Crippen molar-refractivity contribution < 1.29 is 5.11 Å². The number of thiophene rings is 1. The summed E-state index contributed by atoms with van der Waals surface area (Å²) in [5, 5.41) is 12.5. The van der Waals surface area contributed by atoms with Gasteiger partial charge in [0.1, 0.15) is 0 Å². The van der Waals surface area contributed by atoms with Crippen molar-refractivity contribution in [3.63, 3.8) is 0 Å². The van der Waals surface area contributed by atoms with Crippen molar-refractivity contribution in [2.24, 2.45) is 0 Å². The van der Waals surface area contributed by atoms with Gasteiger partial charge < -0.3 is 5.11 Å². The number of hydrogen-bond acceptors (Lipinski definition) is 3. The topological polar surface area (TPSA) is 54.2 Å². The van der Waals surface area contributed by atoms with Gasteiger partial charge in [0.15, 0.2) is 4.91 Å². The first kappa shape index (κ1) is 6.78. The van der Waals surface area contributed by atoms with Gasteiger partial charge in [-0.15, -0.1) is 11.3 Å². The molecule has 0 unspecified atom stereocenters. The third-order valence-corrected chi connectivity index (χ3v) is 1.76. The van der Waals surface area contributed by atoms with E-state index in [-0.39, 0.29) is 0 Å². The lowest BCUT2D eigenvalue weighted by Crippen LogP contribution is -2.00. The van der Waals surface area contributed by atoms with Crippen LogP contribution in [-0.4, -0.2) is 5.87 Å². The van der Waals surface area contributed by atoms with Gasteiger partial charge in [-0.05, 0) is 11.4 Å².